The normalized spacial score (nSPS) is 11.9. The molecule has 0 unspecified atom stereocenters. The predicted octanol–water partition coefficient (Wildman–Crippen LogP) is 12.3. The fraction of sp³-hybridized carbons (Fsp3) is 0.0208. The summed E-state index contributed by atoms with van der Waals surface area (Å²) in [5.74, 6) is 0. The van der Waals surface area contributed by atoms with Gasteiger partial charge in [0.1, 0.15) is 0 Å². The third-order valence-corrected chi connectivity index (χ3v) is 10.9. The molecule has 0 radical (unpaired) electrons. The number of benzene rings is 7. The molecule has 0 aliphatic heterocycles. The summed E-state index contributed by atoms with van der Waals surface area (Å²) in [7, 11) is 2.11. The molecular weight excluding hydrogens is 633 g/mol. The highest BCUT2D eigenvalue weighted by molar-refractivity contribution is 6.13. The third kappa shape index (κ3) is 4.18. The number of aryl methyl sites for hydroxylation is 1. The maximum Gasteiger partial charge on any atom is 0.0959 e. The van der Waals surface area contributed by atoms with E-state index in [-0.39, 0.29) is 0 Å². The lowest BCUT2D eigenvalue weighted by molar-refractivity contribution is 1.01. The molecule has 0 aliphatic carbocycles. The van der Waals surface area contributed by atoms with Gasteiger partial charge in [-0.05, 0) is 107 Å². The van der Waals surface area contributed by atoms with Crippen LogP contribution in [0.25, 0.3) is 99.2 Å². The van der Waals surface area contributed by atoms with Crippen LogP contribution in [0.2, 0.25) is 0 Å². The summed E-state index contributed by atoms with van der Waals surface area (Å²) in [6.07, 6.45) is 1.88. The van der Waals surface area contributed by atoms with Gasteiger partial charge in [0.15, 0.2) is 0 Å². The van der Waals surface area contributed by atoms with E-state index in [1.165, 1.54) is 82.5 Å². The second kappa shape index (κ2) is 11.0. The first-order valence-corrected chi connectivity index (χ1v) is 17.8. The fourth-order valence-electron chi connectivity index (χ4n) is 8.44. The molecule has 4 heteroatoms. The van der Waals surface area contributed by atoms with Gasteiger partial charge < -0.3 is 13.7 Å². The molecule has 0 aliphatic rings. The molecule has 0 amide bonds. The molecule has 244 valence electrons. The Balaban J connectivity index is 1.02. The summed E-state index contributed by atoms with van der Waals surface area (Å²) in [4.78, 5) is 4.71. The smallest absolute Gasteiger partial charge is 0.0959 e. The molecule has 52 heavy (non-hydrogen) atoms. The van der Waals surface area contributed by atoms with E-state index in [2.05, 4.69) is 185 Å². The Kier molecular flexibility index (Phi) is 6.13. The number of pyridine rings is 1. The molecule has 0 bridgehead atoms. The summed E-state index contributed by atoms with van der Waals surface area (Å²) in [6.45, 7) is 0. The van der Waals surface area contributed by atoms with Crippen LogP contribution in [0.5, 0.6) is 0 Å². The van der Waals surface area contributed by atoms with Crippen molar-refractivity contribution in [3.8, 4) is 33.6 Å². The molecule has 4 heterocycles. The Morgan fingerprint density at radius 3 is 1.44 bits per heavy atom. The minimum absolute atomic E-state index is 1.04. The van der Waals surface area contributed by atoms with Gasteiger partial charge in [-0.1, -0.05) is 84.9 Å². The minimum Gasteiger partial charge on any atom is -0.342 e. The van der Waals surface area contributed by atoms with Crippen molar-refractivity contribution >= 4 is 65.5 Å². The Hall–Kier alpha value is -6.91. The number of para-hydroxylation sites is 3. The summed E-state index contributed by atoms with van der Waals surface area (Å²) in [6, 6.07) is 61.8. The van der Waals surface area contributed by atoms with Crippen molar-refractivity contribution in [2.45, 2.75) is 0 Å². The minimum atomic E-state index is 1.04. The van der Waals surface area contributed by atoms with Crippen LogP contribution in [0.3, 0.4) is 0 Å². The monoisotopic (exact) mass is 664 g/mol. The lowest BCUT2D eigenvalue weighted by Gasteiger charge is -2.10. The summed E-state index contributed by atoms with van der Waals surface area (Å²) in [5, 5.41) is 6.20. The second-order valence-electron chi connectivity index (χ2n) is 13.7. The van der Waals surface area contributed by atoms with Crippen molar-refractivity contribution in [3.63, 3.8) is 0 Å². The topological polar surface area (TPSA) is 27.7 Å². The average molecular weight is 665 g/mol. The molecule has 0 fully saturated rings. The zero-order chi connectivity index (χ0) is 34.3. The highest BCUT2D eigenvalue weighted by Crippen LogP contribution is 2.39. The summed E-state index contributed by atoms with van der Waals surface area (Å²) >= 11 is 0. The Morgan fingerprint density at radius 2 is 0.808 bits per heavy atom. The van der Waals surface area contributed by atoms with Crippen molar-refractivity contribution in [1.82, 2.24) is 18.7 Å². The molecule has 7 aromatic carbocycles. The van der Waals surface area contributed by atoms with Crippen LogP contribution in [-0.2, 0) is 7.05 Å². The van der Waals surface area contributed by atoms with Crippen LogP contribution in [0, 0.1) is 0 Å². The van der Waals surface area contributed by atoms with Crippen molar-refractivity contribution < 1.29 is 0 Å². The molecule has 0 saturated carbocycles. The van der Waals surface area contributed by atoms with E-state index >= 15 is 0 Å². The first kappa shape index (κ1) is 28.9. The number of fused-ring (bicyclic) bond motifs is 9. The van der Waals surface area contributed by atoms with Gasteiger partial charge in [-0.2, -0.15) is 0 Å². The van der Waals surface area contributed by atoms with E-state index in [0.717, 1.165) is 16.7 Å². The molecule has 11 rings (SSSR count). The standard InChI is InChI=1S/C48H32N4/c1-50-42-24-19-32(30-41(42)48-47(50)16-9-27-49-48)31-17-22-36(23-18-31)52-44-15-8-6-13-38(44)40-29-34(21-26-46(40)52)33-20-25-45-39(28-33)37-12-5-7-14-43(37)51(45)35-10-3-2-4-11-35/h2-30H,1H3. The van der Waals surface area contributed by atoms with Crippen molar-refractivity contribution in [3.05, 3.63) is 176 Å². The summed E-state index contributed by atoms with van der Waals surface area (Å²) < 4.78 is 6.99. The summed E-state index contributed by atoms with van der Waals surface area (Å²) in [5.41, 5.74) is 15.3. The Labute approximate surface area is 300 Å². The fourth-order valence-corrected chi connectivity index (χ4v) is 8.44. The SMILES string of the molecule is Cn1c2ccc(-c3ccc(-n4c5ccccc5c5cc(-c6ccc7c(c6)c6ccccc6n7-c6ccccc6)ccc54)cc3)cc2c2ncccc21. The molecule has 0 saturated heterocycles. The third-order valence-electron chi connectivity index (χ3n) is 10.9. The number of aromatic nitrogens is 4. The molecule has 0 N–H and O–H groups in total. The molecule has 4 aromatic heterocycles. The van der Waals surface area contributed by atoms with Crippen molar-refractivity contribution in [2.24, 2.45) is 7.05 Å². The maximum absolute atomic E-state index is 4.71. The Bertz CT molecular complexity index is 3180. The molecule has 0 atom stereocenters. The van der Waals surface area contributed by atoms with Gasteiger partial charge in [-0.3, -0.25) is 4.98 Å². The van der Waals surface area contributed by atoms with Crippen molar-refractivity contribution in [2.75, 3.05) is 0 Å². The van der Waals surface area contributed by atoms with E-state index in [0.29, 0.717) is 0 Å². The largest absolute Gasteiger partial charge is 0.342 e. The van der Waals surface area contributed by atoms with E-state index in [1.54, 1.807) is 0 Å². The van der Waals surface area contributed by atoms with Gasteiger partial charge >= 0.3 is 0 Å². The van der Waals surface area contributed by atoms with Gasteiger partial charge in [0.2, 0.25) is 0 Å². The number of rotatable bonds is 4. The molecule has 0 spiro atoms. The first-order chi connectivity index (χ1) is 25.7. The lowest BCUT2D eigenvalue weighted by atomic mass is 10.0. The zero-order valence-corrected chi connectivity index (χ0v) is 28.5. The van der Waals surface area contributed by atoms with E-state index in [9.17, 15) is 0 Å². The van der Waals surface area contributed by atoms with Gasteiger partial charge in [0, 0.05) is 51.6 Å². The number of hydrogen-bond donors (Lipinski definition) is 0. The van der Waals surface area contributed by atoms with Gasteiger partial charge in [0.25, 0.3) is 0 Å². The average Bonchev–Trinajstić information content (AvgIpc) is 3.83. The van der Waals surface area contributed by atoms with Crippen LogP contribution >= 0.6 is 0 Å². The van der Waals surface area contributed by atoms with E-state index < -0.39 is 0 Å². The highest BCUT2D eigenvalue weighted by Gasteiger charge is 2.16. The predicted molar refractivity (Wildman–Crippen MR) is 218 cm³/mol. The molecular formula is C48H32N4. The van der Waals surface area contributed by atoms with Crippen LogP contribution in [0.1, 0.15) is 0 Å². The van der Waals surface area contributed by atoms with Gasteiger partial charge in [-0.15, -0.1) is 0 Å². The quantitative estimate of drug-likeness (QED) is 0.184. The van der Waals surface area contributed by atoms with Crippen LogP contribution in [-0.4, -0.2) is 18.7 Å². The Morgan fingerprint density at radius 1 is 0.346 bits per heavy atom. The number of nitrogens with zero attached hydrogens (tertiary/aromatic N) is 4. The van der Waals surface area contributed by atoms with Crippen LogP contribution in [0.4, 0.5) is 0 Å². The van der Waals surface area contributed by atoms with E-state index in [1.807, 2.05) is 12.3 Å². The second-order valence-corrected chi connectivity index (χ2v) is 13.7. The number of hydrogen-bond acceptors (Lipinski definition) is 1. The molecule has 11 aromatic rings. The van der Waals surface area contributed by atoms with Crippen molar-refractivity contribution in [1.29, 1.82) is 0 Å². The maximum atomic E-state index is 4.71. The lowest BCUT2D eigenvalue weighted by Crippen LogP contribution is -1.94. The molecule has 4 nitrogen and oxygen atoms in total. The van der Waals surface area contributed by atoms with Crippen LogP contribution < -0.4 is 0 Å². The van der Waals surface area contributed by atoms with Gasteiger partial charge in [-0.25, -0.2) is 0 Å². The highest BCUT2D eigenvalue weighted by atomic mass is 15.0. The van der Waals surface area contributed by atoms with Gasteiger partial charge in [0.05, 0.1) is 38.6 Å². The van der Waals surface area contributed by atoms with E-state index in [4.69, 9.17) is 4.98 Å². The zero-order valence-electron chi connectivity index (χ0n) is 28.5. The first-order valence-electron chi connectivity index (χ1n) is 17.8. The van der Waals surface area contributed by atoms with Crippen LogP contribution in [0.15, 0.2) is 176 Å².